The first-order valence-corrected chi connectivity index (χ1v) is 16.4. The molecule has 11 nitrogen and oxygen atoms in total. The van der Waals surface area contributed by atoms with Crippen LogP contribution in [0.3, 0.4) is 0 Å². The van der Waals surface area contributed by atoms with Crippen LogP contribution in [0, 0.1) is 11.8 Å². The van der Waals surface area contributed by atoms with Crippen LogP contribution < -0.4 is 16.6 Å². The third-order valence-electron chi connectivity index (χ3n) is 9.62. The minimum Gasteiger partial charge on any atom is -0.382 e. The summed E-state index contributed by atoms with van der Waals surface area (Å²) >= 11 is 0. The van der Waals surface area contributed by atoms with Crippen molar-refractivity contribution in [3.05, 3.63) is 94.3 Å². The first-order chi connectivity index (χ1) is 22.7. The molecule has 2 aliphatic rings. The van der Waals surface area contributed by atoms with Gasteiger partial charge in [-0.05, 0) is 67.5 Å². The molecule has 0 aliphatic carbocycles. The van der Waals surface area contributed by atoms with Crippen LogP contribution in [0.2, 0.25) is 0 Å². The van der Waals surface area contributed by atoms with Crippen molar-refractivity contribution in [1.82, 2.24) is 28.9 Å². The number of benzene rings is 2. The van der Waals surface area contributed by atoms with Crippen LogP contribution >= 0.6 is 0 Å². The summed E-state index contributed by atoms with van der Waals surface area (Å²) in [6.45, 7) is 8.14. The van der Waals surface area contributed by atoms with E-state index in [2.05, 4.69) is 28.4 Å². The number of para-hydroxylation sites is 1. The highest BCUT2D eigenvalue weighted by molar-refractivity contribution is 6.05. The van der Waals surface area contributed by atoms with Crippen LogP contribution in [-0.4, -0.2) is 53.8 Å². The Morgan fingerprint density at radius 2 is 1.72 bits per heavy atom. The maximum Gasteiger partial charge on any atom is 0.284 e. The van der Waals surface area contributed by atoms with Gasteiger partial charge in [-0.1, -0.05) is 51.1 Å². The second-order valence-corrected chi connectivity index (χ2v) is 13.2. The third-order valence-corrected chi connectivity index (χ3v) is 9.62. The Balaban J connectivity index is 1.16. The van der Waals surface area contributed by atoms with Crippen LogP contribution in [-0.2, 0) is 17.8 Å². The Kier molecular flexibility index (Phi) is 7.91. The van der Waals surface area contributed by atoms with Gasteiger partial charge in [0.2, 0.25) is 5.91 Å². The molecule has 1 unspecified atom stereocenters. The molecule has 47 heavy (non-hydrogen) atoms. The predicted octanol–water partition coefficient (Wildman–Crippen LogP) is 5.13. The molecule has 5 aromatic rings. The van der Waals surface area contributed by atoms with Gasteiger partial charge in [-0.15, -0.1) is 0 Å². The minimum absolute atomic E-state index is 0.0154. The molecular weight excluding hydrogens is 592 g/mol. The molecule has 3 N–H and O–H groups in total. The van der Waals surface area contributed by atoms with Gasteiger partial charge in [0.25, 0.3) is 11.5 Å². The molecule has 1 atom stereocenters. The second kappa shape index (κ2) is 12.2. The third kappa shape index (κ3) is 5.49. The molecule has 242 valence electrons. The van der Waals surface area contributed by atoms with E-state index in [4.69, 9.17) is 5.73 Å². The molecule has 0 radical (unpaired) electrons. The predicted molar refractivity (Wildman–Crippen MR) is 182 cm³/mol. The van der Waals surface area contributed by atoms with Gasteiger partial charge < -0.3 is 16.0 Å². The lowest BCUT2D eigenvalue weighted by Crippen LogP contribution is -2.40. The number of amides is 2. The maximum absolute atomic E-state index is 13.7. The topological polar surface area (TPSA) is 133 Å². The van der Waals surface area contributed by atoms with Crippen molar-refractivity contribution in [2.24, 2.45) is 11.8 Å². The summed E-state index contributed by atoms with van der Waals surface area (Å²) in [6.07, 6.45) is 4.74. The zero-order valence-corrected chi connectivity index (χ0v) is 27.0. The quantitative estimate of drug-likeness (QED) is 0.267. The lowest BCUT2D eigenvalue weighted by atomic mass is 9.92. The van der Waals surface area contributed by atoms with E-state index < -0.39 is 5.91 Å². The number of carbonyl (C=O) groups is 2. The maximum atomic E-state index is 13.7. The van der Waals surface area contributed by atoms with Crippen molar-refractivity contribution < 1.29 is 9.59 Å². The molecular formula is C36H40N8O3. The molecule has 2 aromatic carbocycles. The number of nitrogens with two attached hydrogens (primary N) is 1. The van der Waals surface area contributed by atoms with Crippen molar-refractivity contribution in [1.29, 1.82) is 0 Å². The fourth-order valence-electron chi connectivity index (χ4n) is 7.15. The van der Waals surface area contributed by atoms with Crippen molar-refractivity contribution >= 4 is 28.8 Å². The Labute approximate surface area is 273 Å². The van der Waals surface area contributed by atoms with E-state index in [9.17, 15) is 14.4 Å². The number of hydrogen-bond donors (Lipinski definition) is 2. The number of nitrogen functional groups attached to an aromatic ring is 1. The number of carbonyl (C=O) groups excluding carboxylic acids is 2. The van der Waals surface area contributed by atoms with E-state index in [1.807, 2.05) is 82.5 Å². The fourth-order valence-corrected chi connectivity index (χ4v) is 7.15. The average Bonchev–Trinajstić information content (AvgIpc) is 3.61. The summed E-state index contributed by atoms with van der Waals surface area (Å²) < 4.78 is 5.49. The smallest absolute Gasteiger partial charge is 0.284 e. The summed E-state index contributed by atoms with van der Waals surface area (Å²) in [5, 5.41) is 7.54. The highest BCUT2D eigenvalue weighted by Gasteiger charge is 2.31. The van der Waals surface area contributed by atoms with Gasteiger partial charge in [0, 0.05) is 48.4 Å². The van der Waals surface area contributed by atoms with E-state index in [0.29, 0.717) is 43.5 Å². The van der Waals surface area contributed by atoms with E-state index in [0.717, 1.165) is 53.0 Å². The number of anilines is 2. The SMILES string of the molecule is CC1CCc2c(C(=O)Nc3ccc(-c4cc(C5CCN(C(=O)C(C)C)CC5)n5ncnc(N)c45)cc3)c(=O)n(-c3ccccc3)n2C1. The van der Waals surface area contributed by atoms with Crippen LogP contribution in [0.15, 0.2) is 71.8 Å². The van der Waals surface area contributed by atoms with Gasteiger partial charge in [0.15, 0.2) is 5.82 Å². The van der Waals surface area contributed by atoms with Crippen LogP contribution in [0.5, 0.6) is 0 Å². The van der Waals surface area contributed by atoms with Gasteiger partial charge >= 0.3 is 0 Å². The molecule has 7 rings (SSSR count). The van der Waals surface area contributed by atoms with E-state index in [1.54, 1.807) is 4.68 Å². The molecule has 2 aliphatic heterocycles. The van der Waals surface area contributed by atoms with Gasteiger partial charge in [-0.25, -0.2) is 14.2 Å². The number of aromatic nitrogens is 5. The number of piperidine rings is 1. The van der Waals surface area contributed by atoms with Crippen LogP contribution in [0.4, 0.5) is 11.5 Å². The largest absolute Gasteiger partial charge is 0.382 e. The molecule has 11 heteroatoms. The molecule has 0 bridgehead atoms. The normalized spacial score (nSPS) is 16.9. The lowest BCUT2D eigenvalue weighted by molar-refractivity contribution is -0.135. The van der Waals surface area contributed by atoms with Gasteiger partial charge in [0.1, 0.15) is 17.4 Å². The first-order valence-electron chi connectivity index (χ1n) is 16.4. The van der Waals surface area contributed by atoms with E-state index in [-0.39, 0.29) is 28.9 Å². The molecule has 0 saturated carbocycles. The second-order valence-electron chi connectivity index (χ2n) is 13.2. The Hall–Kier alpha value is -5.19. The van der Waals surface area contributed by atoms with Crippen molar-refractivity contribution in [3.8, 4) is 16.8 Å². The summed E-state index contributed by atoms with van der Waals surface area (Å²) in [5.74, 6) is 0.770. The zero-order chi connectivity index (χ0) is 32.8. The lowest BCUT2D eigenvalue weighted by Gasteiger charge is -2.33. The highest BCUT2D eigenvalue weighted by atomic mass is 16.2. The van der Waals surface area contributed by atoms with Crippen molar-refractivity contribution in [3.63, 3.8) is 0 Å². The molecule has 1 fully saturated rings. The standard InChI is InChI=1S/C36H40N8O3/c1-22(2)35(46)41-17-15-25(16-18-41)30-19-28(32-33(37)38-21-39-43(30)32)24-10-12-26(13-11-24)40-34(45)31-29-14-9-23(3)20-42(29)44(36(31)47)27-7-5-4-6-8-27/h4-8,10-13,19,21-23,25H,9,14-18,20H2,1-3H3,(H,40,45)(H2,37,38,39). The zero-order valence-electron chi connectivity index (χ0n) is 27.0. The molecule has 2 amide bonds. The number of likely N-dealkylation sites (tertiary alicyclic amines) is 1. The Morgan fingerprint density at radius 1 is 1.00 bits per heavy atom. The summed E-state index contributed by atoms with van der Waals surface area (Å²) in [5.41, 5.74) is 12.0. The minimum atomic E-state index is -0.410. The van der Waals surface area contributed by atoms with Gasteiger partial charge in [-0.2, -0.15) is 5.10 Å². The number of nitrogens with one attached hydrogen (secondary N) is 1. The molecule has 5 heterocycles. The Morgan fingerprint density at radius 3 is 2.43 bits per heavy atom. The van der Waals surface area contributed by atoms with Crippen molar-refractivity contribution in [2.75, 3.05) is 24.1 Å². The summed E-state index contributed by atoms with van der Waals surface area (Å²) in [7, 11) is 0. The molecule has 3 aromatic heterocycles. The summed E-state index contributed by atoms with van der Waals surface area (Å²) in [4.78, 5) is 46.2. The van der Waals surface area contributed by atoms with Crippen molar-refractivity contribution in [2.45, 2.75) is 58.9 Å². The van der Waals surface area contributed by atoms with Gasteiger partial charge in [-0.3, -0.25) is 19.1 Å². The number of rotatable bonds is 6. The van der Waals surface area contributed by atoms with Crippen LogP contribution in [0.25, 0.3) is 22.3 Å². The Bertz CT molecular complexity index is 2020. The number of hydrogen-bond acceptors (Lipinski definition) is 6. The first kappa shape index (κ1) is 30.5. The van der Waals surface area contributed by atoms with Crippen LogP contribution in [0.1, 0.15) is 67.7 Å². The monoisotopic (exact) mass is 632 g/mol. The van der Waals surface area contributed by atoms with E-state index >= 15 is 0 Å². The fraction of sp³-hybridized carbons (Fsp3) is 0.361. The number of nitrogens with zero attached hydrogens (tertiary/aromatic N) is 6. The average molecular weight is 633 g/mol. The highest BCUT2D eigenvalue weighted by Crippen LogP contribution is 2.37. The molecule has 0 spiro atoms. The number of fused-ring (bicyclic) bond motifs is 2. The van der Waals surface area contributed by atoms with Gasteiger partial charge in [0.05, 0.1) is 11.4 Å². The van der Waals surface area contributed by atoms with E-state index in [1.165, 1.54) is 6.33 Å². The molecule has 1 saturated heterocycles. The summed E-state index contributed by atoms with van der Waals surface area (Å²) in [6, 6.07) is 19.1.